The number of hydrogen-bond acceptors (Lipinski definition) is 9. The molecule has 0 heterocycles. The average Bonchev–Trinajstić information content (AvgIpc) is 3.02. The Morgan fingerprint density at radius 3 is 2.22 bits per heavy atom. The number of fused-ring (bicyclic) bond motifs is 1. The Morgan fingerprint density at radius 2 is 1.65 bits per heavy atom. The largest absolute Gasteiger partial charge is 0.478 e. The van der Waals surface area contributed by atoms with Crippen molar-refractivity contribution in [2.45, 2.75) is 124 Å². The maximum absolute atomic E-state index is 13.3. The molecule has 0 amide bonds. The molecule has 8 atom stereocenters. The first-order valence-electron chi connectivity index (χ1n) is 17.0. The van der Waals surface area contributed by atoms with Crippen molar-refractivity contribution in [1.29, 1.82) is 0 Å². The third-order valence-corrected chi connectivity index (χ3v) is 11.1. The third-order valence-electron chi connectivity index (χ3n) is 11.1. The van der Waals surface area contributed by atoms with Crippen LogP contribution < -0.4 is 0 Å². The fourth-order valence-electron chi connectivity index (χ4n) is 7.93. The van der Waals surface area contributed by atoms with E-state index in [4.69, 9.17) is 14.2 Å². The third kappa shape index (κ3) is 8.89. The molecule has 0 unspecified atom stereocenters. The number of aliphatic carboxylic acids is 1. The molecule has 0 saturated heterocycles. The highest BCUT2D eigenvalue weighted by Crippen LogP contribution is 2.64. The van der Waals surface area contributed by atoms with E-state index in [1.165, 1.54) is 13.0 Å². The molecule has 0 radical (unpaired) electrons. The molecule has 10 heteroatoms. The summed E-state index contributed by atoms with van der Waals surface area (Å²) in [6.07, 6.45) is 3.96. The first-order valence-corrected chi connectivity index (χ1v) is 17.0. The van der Waals surface area contributed by atoms with Crippen LogP contribution in [0.1, 0.15) is 100.0 Å². The van der Waals surface area contributed by atoms with E-state index in [1.54, 1.807) is 46.8 Å². The maximum Gasteiger partial charge on any atom is 0.338 e. The van der Waals surface area contributed by atoms with E-state index in [1.807, 2.05) is 51.1 Å². The van der Waals surface area contributed by atoms with Crippen molar-refractivity contribution in [2.75, 3.05) is 0 Å². The lowest BCUT2D eigenvalue weighted by Gasteiger charge is -2.65. The summed E-state index contributed by atoms with van der Waals surface area (Å²) in [6, 6.07) is 9.26. The van der Waals surface area contributed by atoms with Gasteiger partial charge in [0.25, 0.3) is 0 Å². The SMILES string of the molecule is CC=C(C)C(=O)O[C@@H]1C[C@@]2(C)[C@@H](C[C@@H](OC(=O)C=Cc3ccccc3)[C@@](C)(O)[C@@H]2CCC(C)=CC(=O)O)C(C)(C)[C@@H]1OC(=O)[C@@](C)(O)CC. The fourth-order valence-corrected chi connectivity index (χ4v) is 7.93. The molecule has 2 aliphatic rings. The molecule has 3 N–H and O–H groups in total. The van der Waals surface area contributed by atoms with Crippen molar-refractivity contribution in [1.82, 2.24) is 0 Å². The highest BCUT2D eigenvalue weighted by molar-refractivity contribution is 5.88. The number of carboxylic acid groups (broad SMARTS) is 1. The number of ether oxygens (including phenoxy) is 3. The minimum atomic E-state index is -1.78. The number of esters is 3. The monoisotopic (exact) mass is 682 g/mol. The highest BCUT2D eigenvalue weighted by Gasteiger charge is 2.67. The zero-order valence-electron chi connectivity index (χ0n) is 30.3. The molecule has 270 valence electrons. The maximum atomic E-state index is 13.3. The van der Waals surface area contributed by atoms with Gasteiger partial charge in [0.05, 0.1) is 0 Å². The van der Waals surface area contributed by atoms with E-state index in [9.17, 15) is 34.5 Å². The van der Waals surface area contributed by atoms with Crippen molar-refractivity contribution in [3.63, 3.8) is 0 Å². The minimum Gasteiger partial charge on any atom is -0.478 e. The van der Waals surface area contributed by atoms with Crippen molar-refractivity contribution in [3.8, 4) is 0 Å². The zero-order chi connectivity index (χ0) is 36.9. The van der Waals surface area contributed by atoms with Gasteiger partial charge in [-0.3, -0.25) is 0 Å². The van der Waals surface area contributed by atoms with Crippen LogP contribution in [0.2, 0.25) is 0 Å². The molecule has 2 fully saturated rings. The summed E-state index contributed by atoms with van der Waals surface area (Å²) in [6.45, 7) is 15.5. The number of benzene rings is 1. The second-order valence-electron chi connectivity index (χ2n) is 15.0. The smallest absolute Gasteiger partial charge is 0.338 e. The quantitative estimate of drug-likeness (QED) is 0.132. The topological polar surface area (TPSA) is 157 Å². The van der Waals surface area contributed by atoms with Gasteiger partial charge >= 0.3 is 23.9 Å². The summed E-state index contributed by atoms with van der Waals surface area (Å²) < 4.78 is 18.2. The molecule has 2 saturated carbocycles. The van der Waals surface area contributed by atoms with Crippen LogP contribution >= 0.6 is 0 Å². The van der Waals surface area contributed by atoms with Crippen LogP contribution in [0.25, 0.3) is 6.08 Å². The molecular formula is C39H54O10. The number of carbonyl (C=O) groups is 4. The normalized spacial score (nSPS) is 31.3. The predicted octanol–water partition coefficient (Wildman–Crippen LogP) is 6.20. The Balaban J connectivity index is 2.13. The molecular weight excluding hydrogens is 628 g/mol. The Hall–Kier alpha value is -3.76. The Bertz CT molecular complexity index is 1470. The summed E-state index contributed by atoms with van der Waals surface area (Å²) in [7, 11) is 0. The first kappa shape index (κ1) is 39.7. The number of aliphatic hydroxyl groups is 2. The zero-order valence-corrected chi connectivity index (χ0v) is 30.3. The van der Waals surface area contributed by atoms with Gasteiger partial charge < -0.3 is 29.5 Å². The Labute approximate surface area is 290 Å². The molecule has 1 aromatic carbocycles. The Kier molecular flexibility index (Phi) is 12.5. The number of carboxylic acids is 1. The van der Waals surface area contributed by atoms with Crippen molar-refractivity contribution in [2.24, 2.45) is 22.7 Å². The van der Waals surface area contributed by atoms with Gasteiger partial charge in [0.1, 0.15) is 23.9 Å². The number of allylic oxidation sites excluding steroid dienone is 2. The predicted molar refractivity (Wildman–Crippen MR) is 185 cm³/mol. The van der Waals surface area contributed by atoms with Gasteiger partial charge in [-0.1, -0.05) is 69.7 Å². The van der Waals surface area contributed by atoms with Crippen LogP contribution in [-0.2, 0) is 33.4 Å². The van der Waals surface area contributed by atoms with E-state index in [0.717, 1.165) is 11.6 Å². The first-order chi connectivity index (χ1) is 22.7. The Morgan fingerprint density at radius 1 is 1.02 bits per heavy atom. The standard InChI is InChI=1S/C39H54O10/c1-10-25(4)34(43)47-27-23-37(7)28(19-17-24(3)21-31(40)41)39(9,46)30(48-32(42)20-18-26-15-13-12-14-16-26)22-29(37)36(5,6)33(27)49-35(44)38(8,45)11-2/h10,12-16,18,20-21,27-30,33,45-46H,11,17,19,22-23H2,1-9H3,(H,40,41)/t27-,28-,29+,30-,33-,37-,38+,39+/m1/s1. The van der Waals surface area contributed by atoms with Crippen LogP contribution in [0, 0.1) is 22.7 Å². The van der Waals surface area contributed by atoms with E-state index < -0.39 is 70.1 Å². The van der Waals surface area contributed by atoms with E-state index in [0.29, 0.717) is 24.0 Å². The highest BCUT2D eigenvalue weighted by atomic mass is 16.6. The number of rotatable bonds is 12. The summed E-state index contributed by atoms with van der Waals surface area (Å²) in [4.78, 5) is 51.2. The van der Waals surface area contributed by atoms with E-state index >= 15 is 0 Å². The lowest BCUT2D eigenvalue weighted by atomic mass is 9.43. The number of carbonyl (C=O) groups excluding carboxylic acids is 3. The van der Waals surface area contributed by atoms with Gasteiger partial charge in [-0.05, 0) is 95.6 Å². The molecule has 0 aliphatic heterocycles. The summed E-state index contributed by atoms with van der Waals surface area (Å²) in [5.41, 5.74) is -3.28. The van der Waals surface area contributed by atoms with Crippen LogP contribution in [0.5, 0.6) is 0 Å². The van der Waals surface area contributed by atoms with Gasteiger partial charge in [-0.2, -0.15) is 0 Å². The minimum absolute atomic E-state index is 0.102. The lowest BCUT2D eigenvalue weighted by molar-refractivity contribution is -0.268. The van der Waals surface area contributed by atoms with E-state index in [2.05, 4.69) is 0 Å². The van der Waals surface area contributed by atoms with Crippen molar-refractivity contribution < 1.29 is 48.7 Å². The van der Waals surface area contributed by atoms with Crippen molar-refractivity contribution in [3.05, 3.63) is 65.3 Å². The molecule has 10 nitrogen and oxygen atoms in total. The molecule has 49 heavy (non-hydrogen) atoms. The van der Waals surface area contributed by atoms with Gasteiger partial charge in [-0.25, -0.2) is 19.2 Å². The molecule has 0 bridgehead atoms. The summed E-state index contributed by atoms with van der Waals surface area (Å²) >= 11 is 0. The second kappa shape index (κ2) is 15.4. The number of hydrogen-bond donors (Lipinski definition) is 3. The van der Waals surface area contributed by atoms with Crippen LogP contribution in [0.4, 0.5) is 0 Å². The van der Waals surface area contributed by atoms with Crippen LogP contribution in [-0.4, -0.2) is 68.7 Å². The molecule has 0 aromatic heterocycles. The van der Waals surface area contributed by atoms with Crippen LogP contribution in [0.3, 0.4) is 0 Å². The lowest BCUT2D eigenvalue weighted by Crippen LogP contribution is -2.69. The molecule has 3 rings (SSSR count). The second-order valence-corrected chi connectivity index (χ2v) is 15.0. The molecule has 0 spiro atoms. The van der Waals surface area contributed by atoms with Gasteiger partial charge in [-0.15, -0.1) is 0 Å². The van der Waals surface area contributed by atoms with E-state index in [-0.39, 0.29) is 25.2 Å². The molecule has 2 aliphatic carbocycles. The van der Waals surface area contributed by atoms with Gasteiger partial charge in [0, 0.05) is 23.1 Å². The van der Waals surface area contributed by atoms with Gasteiger partial charge in [0.2, 0.25) is 0 Å². The van der Waals surface area contributed by atoms with Crippen molar-refractivity contribution >= 4 is 30.0 Å². The summed E-state index contributed by atoms with van der Waals surface area (Å²) in [5, 5.41) is 32.5. The fraction of sp³-hybridized carbons (Fsp3) is 0.590. The van der Waals surface area contributed by atoms with Crippen LogP contribution in [0.15, 0.2) is 59.7 Å². The summed E-state index contributed by atoms with van der Waals surface area (Å²) in [5.74, 6) is -4.07. The molecule has 1 aromatic rings. The average molecular weight is 683 g/mol. The van der Waals surface area contributed by atoms with Gasteiger partial charge in [0.15, 0.2) is 5.60 Å².